The molecule has 0 saturated heterocycles. The molecule has 8 heteroatoms. The van der Waals surface area contributed by atoms with Gasteiger partial charge in [0.25, 0.3) is 0 Å². The number of rotatable bonds is 5. The van der Waals surface area contributed by atoms with Gasteiger partial charge in [-0.25, -0.2) is 4.98 Å². The first-order valence-corrected chi connectivity index (χ1v) is 6.81. The highest BCUT2D eigenvalue weighted by Crippen LogP contribution is 2.27. The molecule has 20 heavy (non-hydrogen) atoms. The van der Waals surface area contributed by atoms with E-state index in [0.29, 0.717) is 18.9 Å². The summed E-state index contributed by atoms with van der Waals surface area (Å²) >= 11 is 0. The van der Waals surface area contributed by atoms with Crippen molar-refractivity contribution >= 4 is 17.5 Å². The second-order valence-corrected chi connectivity index (χ2v) is 4.82. The maximum Gasteiger partial charge on any atom is 0.329 e. The van der Waals surface area contributed by atoms with Crippen molar-refractivity contribution in [2.24, 2.45) is 0 Å². The van der Waals surface area contributed by atoms with E-state index >= 15 is 0 Å². The van der Waals surface area contributed by atoms with Gasteiger partial charge in [0.15, 0.2) is 0 Å². The number of anilines is 2. The molecule has 1 aromatic rings. The Morgan fingerprint density at radius 2 is 2.25 bits per heavy atom. The average molecular weight is 281 g/mol. The summed E-state index contributed by atoms with van der Waals surface area (Å²) in [5.41, 5.74) is -0.176. The van der Waals surface area contributed by atoms with Crippen LogP contribution < -0.4 is 10.6 Å². The van der Waals surface area contributed by atoms with Gasteiger partial charge in [0.2, 0.25) is 11.8 Å². The highest BCUT2D eigenvalue weighted by atomic mass is 16.6. The molecule has 1 heterocycles. The Bertz CT molecular complexity index is 482. The molecule has 1 fully saturated rings. The van der Waals surface area contributed by atoms with E-state index in [-0.39, 0.29) is 17.5 Å². The number of hydrogen-bond acceptors (Lipinski definition) is 7. The lowest BCUT2D eigenvalue weighted by Crippen LogP contribution is -2.36. The zero-order valence-electron chi connectivity index (χ0n) is 11.4. The maximum absolute atomic E-state index is 11.0. The fraction of sp³-hybridized carbons (Fsp3) is 0.667. The summed E-state index contributed by atoms with van der Waals surface area (Å²) in [4.78, 5) is 18.5. The van der Waals surface area contributed by atoms with Gasteiger partial charge in [0.1, 0.15) is 6.20 Å². The molecule has 0 aliphatic heterocycles. The molecule has 0 bridgehead atoms. The van der Waals surface area contributed by atoms with Gasteiger partial charge in [-0.05, 0) is 19.8 Å². The topological polar surface area (TPSA) is 113 Å². The molecular formula is C12H19N5O3. The lowest BCUT2D eigenvalue weighted by atomic mass is 9.92. The average Bonchev–Trinajstić information content (AvgIpc) is 2.42. The van der Waals surface area contributed by atoms with Crippen LogP contribution in [0.4, 0.5) is 17.5 Å². The van der Waals surface area contributed by atoms with Crippen LogP contribution in [0, 0.1) is 10.1 Å². The van der Waals surface area contributed by atoms with Crippen molar-refractivity contribution < 1.29 is 10.0 Å². The molecule has 2 atom stereocenters. The second-order valence-electron chi connectivity index (χ2n) is 4.82. The van der Waals surface area contributed by atoms with Gasteiger partial charge in [-0.2, -0.15) is 4.98 Å². The highest BCUT2D eigenvalue weighted by molar-refractivity contribution is 5.57. The van der Waals surface area contributed by atoms with Crippen LogP contribution in [0.25, 0.3) is 0 Å². The number of nitro groups is 1. The Morgan fingerprint density at radius 1 is 1.50 bits per heavy atom. The van der Waals surface area contributed by atoms with Crippen LogP contribution in [-0.2, 0) is 0 Å². The summed E-state index contributed by atoms with van der Waals surface area (Å²) in [6.07, 6.45) is 4.14. The fourth-order valence-corrected chi connectivity index (χ4v) is 2.31. The summed E-state index contributed by atoms with van der Waals surface area (Å²) in [7, 11) is 0. The minimum Gasteiger partial charge on any atom is -0.391 e. The molecule has 3 N–H and O–H groups in total. The van der Waals surface area contributed by atoms with Gasteiger partial charge >= 0.3 is 5.69 Å². The first-order chi connectivity index (χ1) is 9.61. The van der Waals surface area contributed by atoms with Crippen molar-refractivity contribution in [2.75, 3.05) is 17.2 Å². The molecule has 1 aliphatic rings. The first-order valence-electron chi connectivity index (χ1n) is 6.81. The summed E-state index contributed by atoms with van der Waals surface area (Å²) < 4.78 is 0. The van der Waals surface area contributed by atoms with E-state index in [1.165, 1.54) is 6.20 Å². The Morgan fingerprint density at radius 3 is 2.90 bits per heavy atom. The van der Waals surface area contributed by atoms with Crippen LogP contribution in [0.1, 0.15) is 32.6 Å². The third-order valence-corrected chi connectivity index (χ3v) is 3.35. The van der Waals surface area contributed by atoms with Crippen molar-refractivity contribution in [2.45, 2.75) is 44.8 Å². The number of nitrogens with zero attached hydrogens (tertiary/aromatic N) is 3. The number of nitrogens with one attached hydrogen (secondary N) is 2. The van der Waals surface area contributed by atoms with Crippen molar-refractivity contribution in [1.82, 2.24) is 9.97 Å². The van der Waals surface area contributed by atoms with Gasteiger partial charge in [-0.3, -0.25) is 10.1 Å². The smallest absolute Gasteiger partial charge is 0.329 e. The Balaban J connectivity index is 2.22. The Labute approximate surface area is 116 Å². The minimum atomic E-state index is -0.521. The van der Waals surface area contributed by atoms with Crippen LogP contribution in [0.3, 0.4) is 0 Å². The van der Waals surface area contributed by atoms with Crippen molar-refractivity contribution in [3.05, 3.63) is 16.3 Å². The van der Waals surface area contributed by atoms with Crippen LogP contribution in [0.15, 0.2) is 6.20 Å². The predicted molar refractivity (Wildman–Crippen MR) is 74.7 cm³/mol. The van der Waals surface area contributed by atoms with E-state index in [2.05, 4.69) is 20.6 Å². The minimum absolute atomic E-state index is 0.159. The number of aliphatic hydroxyl groups excluding tert-OH is 1. The van der Waals surface area contributed by atoms with Gasteiger partial charge in [0.05, 0.1) is 17.1 Å². The molecule has 0 radical (unpaired) electrons. The Hall–Kier alpha value is -1.96. The monoisotopic (exact) mass is 281 g/mol. The lowest BCUT2D eigenvalue weighted by molar-refractivity contribution is -0.384. The third-order valence-electron chi connectivity index (χ3n) is 3.35. The van der Waals surface area contributed by atoms with Gasteiger partial charge in [-0.15, -0.1) is 0 Å². The van der Waals surface area contributed by atoms with E-state index in [1.807, 2.05) is 6.92 Å². The van der Waals surface area contributed by atoms with Crippen molar-refractivity contribution in [1.29, 1.82) is 0 Å². The largest absolute Gasteiger partial charge is 0.391 e. The van der Waals surface area contributed by atoms with E-state index < -0.39 is 11.0 Å². The zero-order valence-corrected chi connectivity index (χ0v) is 11.4. The summed E-state index contributed by atoms with van der Waals surface area (Å²) in [6.45, 7) is 2.52. The molecular weight excluding hydrogens is 262 g/mol. The van der Waals surface area contributed by atoms with Crippen LogP contribution >= 0.6 is 0 Å². The van der Waals surface area contributed by atoms with E-state index in [4.69, 9.17) is 0 Å². The standard InChI is InChI=1S/C12H19N5O3/c1-2-13-12-14-7-9(17(19)20)11(16-12)15-8-5-3-4-6-10(8)18/h7-8,10,18H,2-6H2,1H3,(H2,13,14,15,16). The molecule has 8 nitrogen and oxygen atoms in total. The van der Waals surface area contributed by atoms with Crippen LogP contribution in [0.5, 0.6) is 0 Å². The summed E-state index contributed by atoms with van der Waals surface area (Å²) in [5, 5.41) is 26.9. The lowest BCUT2D eigenvalue weighted by Gasteiger charge is -2.28. The number of hydrogen-bond donors (Lipinski definition) is 3. The molecule has 1 saturated carbocycles. The van der Waals surface area contributed by atoms with E-state index in [9.17, 15) is 15.2 Å². The van der Waals surface area contributed by atoms with Gasteiger partial charge in [-0.1, -0.05) is 12.8 Å². The van der Waals surface area contributed by atoms with Gasteiger partial charge < -0.3 is 15.7 Å². The third kappa shape index (κ3) is 3.32. The molecule has 0 spiro atoms. The molecule has 2 rings (SSSR count). The Kier molecular flexibility index (Phi) is 4.67. The molecule has 1 aromatic heterocycles. The normalized spacial score (nSPS) is 22.3. The van der Waals surface area contributed by atoms with Crippen molar-refractivity contribution in [3.8, 4) is 0 Å². The van der Waals surface area contributed by atoms with Crippen molar-refractivity contribution in [3.63, 3.8) is 0 Å². The molecule has 0 amide bonds. The van der Waals surface area contributed by atoms with Crippen LogP contribution in [-0.4, -0.2) is 38.7 Å². The van der Waals surface area contributed by atoms with Gasteiger partial charge in [0, 0.05) is 6.54 Å². The molecule has 110 valence electrons. The number of aliphatic hydroxyl groups is 1. The molecule has 2 unspecified atom stereocenters. The van der Waals surface area contributed by atoms with Crippen LogP contribution in [0.2, 0.25) is 0 Å². The molecule has 0 aromatic carbocycles. The quantitative estimate of drug-likeness (QED) is 0.554. The summed E-state index contributed by atoms with van der Waals surface area (Å²) in [5.74, 6) is 0.498. The highest BCUT2D eigenvalue weighted by Gasteiger charge is 2.26. The van der Waals surface area contributed by atoms with E-state index in [0.717, 1.165) is 19.3 Å². The first kappa shape index (κ1) is 14.4. The second kappa shape index (κ2) is 6.47. The molecule has 1 aliphatic carbocycles. The number of aromatic nitrogens is 2. The van der Waals surface area contributed by atoms with E-state index in [1.54, 1.807) is 0 Å². The maximum atomic E-state index is 11.0. The fourth-order valence-electron chi connectivity index (χ4n) is 2.31. The predicted octanol–water partition coefficient (Wildman–Crippen LogP) is 1.53. The SMILES string of the molecule is CCNc1ncc([N+](=O)[O-])c(NC2CCCCC2O)n1. The zero-order chi connectivity index (χ0) is 14.5. The summed E-state index contributed by atoms with van der Waals surface area (Å²) in [6, 6.07) is -0.202.